The highest BCUT2D eigenvalue weighted by Crippen LogP contribution is 2.42. The number of benzene rings is 2. The average Bonchev–Trinajstić information content (AvgIpc) is 2.68. The highest BCUT2D eigenvalue weighted by Gasteiger charge is 2.31. The lowest BCUT2D eigenvalue weighted by atomic mass is 9.96. The quantitative estimate of drug-likeness (QED) is 0.447. The van der Waals surface area contributed by atoms with Crippen molar-refractivity contribution < 1.29 is 22.7 Å². The number of carbonyl (C=O) groups is 1. The largest absolute Gasteiger partial charge is 0.497 e. The number of methoxy groups -OCH3 is 1. The summed E-state index contributed by atoms with van der Waals surface area (Å²) in [5, 5.41) is 0. The van der Waals surface area contributed by atoms with Gasteiger partial charge in [-0.2, -0.15) is 13.2 Å². The fourth-order valence-corrected chi connectivity index (χ4v) is 5.33. The molecule has 0 aromatic heterocycles. The van der Waals surface area contributed by atoms with E-state index in [2.05, 4.69) is 0 Å². The Hall–Kier alpha value is -1.86. The summed E-state index contributed by atoms with van der Waals surface area (Å²) in [5.41, 5.74) is 0.289. The molecule has 0 saturated carbocycles. The van der Waals surface area contributed by atoms with Gasteiger partial charge in [-0.15, -0.1) is 23.5 Å². The number of Topliss-reactive ketones (excluding diaryl/α,β-unsaturated/α-hetero) is 1. The topological polar surface area (TPSA) is 26.3 Å². The Labute approximate surface area is 164 Å². The smallest absolute Gasteiger partial charge is 0.416 e. The predicted molar refractivity (Wildman–Crippen MR) is 105 cm³/mol. The Morgan fingerprint density at radius 2 is 1.67 bits per heavy atom. The maximum Gasteiger partial charge on any atom is 0.416 e. The van der Waals surface area contributed by atoms with E-state index < -0.39 is 11.7 Å². The number of alkyl halides is 3. The second kappa shape index (κ2) is 8.44. The lowest BCUT2D eigenvalue weighted by molar-refractivity contribution is -0.137. The summed E-state index contributed by atoms with van der Waals surface area (Å²) in [5.74, 6) is 2.02. The SMILES string of the molecule is COc1ccc(C(=O)C(=C2SCCCS2)c2cccc(C(F)(F)F)c2)cc1. The Balaban J connectivity index is 2.08. The molecule has 142 valence electrons. The van der Waals surface area contributed by atoms with E-state index in [1.807, 2.05) is 0 Å². The molecule has 0 unspecified atom stereocenters. The van der Waals surface area contributed by atoms with Gasteiger partial charge in [-0.05, 0) is 59.9 Å². The maximum atomic E-state index is 13.2. The molecule has 2 nitrogen and oxygen atoms in total. The van der Waals surface area contributed by atoms with Gasteiger partial charge in [0.15, 0.2) is 5.78 Å². The highest BCUT2D eigenvalue weighted by atomic mass is 32.2. The van der Waals surface area contributed by atoms with Crippen molar-refractivity contribution in [2.75, 3.05) is 18.6 Å². The molecular formula is C20H17F3O2S2. The summed E-state index contributed by atoms with van der Waals surface area (Å²) in [7, 11) is 1.53. The molecule has 1 heterocycles. The van der Waals surface area contributed by atoms with Crippen molar-refractivity contribution in [3.8, 4) is 5.75 Å². The van der Waals surface area contributed by atoms with Gasteiger partial charge in [-0.3, -0.25) is 4.79 Å². The van der Waals surface area contributed by atoms with Crippen molar-refractivity contribution in [3.05, 3.63) is 69.5 Å². The molecule has 0 atom stereocenters. The zero-order valence-corrected chi connectivity index (χ0v) is 16.1. The molecule has 1 saturated heterocycles. The van der Waals surface area contributed by atoms with Gasteiger partial charge in [-0.25, -0.2) is 0 Å². The Kier molecular flexibility index (Phi) is 6.22. The van der Waals surface area contributed by atoms with Gasteiger partial charge < -0.3 is 4.74 Å². The van der Waals surface area contributed by atoms with Gasteiger partial charge in [0, 0.05) is 11.1 Å². The third-order valence-electron chi connectivity index (χ3n) is 4.02. The number of allylic oxidation sites excluding steroid dienone is 1. The first-order valence-electron chi connectivity index (χ1n) is 8.26. The van der Waals surface area contributed by atoms with Gasteiger partial charge in [0.1, 0.15) is 5.75 Å². The minimum absolute atomic E-state index is 0.283. The van der Waals surface area contributed by atoms with Crippen molar-refractivity contribution in [1.82, 2.24) is 0 Å². The van der Waals surface area contributed by atoms with E-state index in [9.17, 15) is 18.0 Å². The normalized spacial score (nSPS) is 14.7. The van der Waals surface area contributed by atoms with Gasteiger partial charge >= 0.3 is 6.18 Å². The van der Waals surface area contributed by atoms with Crippen LogP contribution in [0.5, 0.6) is 5.75 Å². The van der Waals surface area contributed by atoms with Crippen molar-refractivity contribution in [1.29, 1.82) is 0 Å². The molecule has 7 heteroatoms. The molecule has 0 bridgehead atoms. The number of rotatable bonds is 4. The van der Waals surface area contributed by atoms with Crippen LogP contribution in [0.2, 0.25) is 0 Å². The number of hydrogen-bond donors (Lipinski definition) is 0. The first kappa shape index (κ1) is 19.9. The molecule has 0 radical (unpaired) electrons. The van der Waals surface area contributed by atoms with Gasteiger partial charge in [-0.1, -0.05) is 12.1 Å². The Bertz CT molecular complexity index is 850. The van der Waals surface area contributed by atoms with Crippen LogP contribution in [-0.4, -0.2) is 24.4 Å². The molecule has 3 rings (SSSR count). The minimum atomic E-state index is -4.46. The molecule has 0 spiro atoms. The summed E-state index contributed by atoms with van der Waals surface area (Å²) >= 11 is 3.05. The number of thioether (sulfide) groups is 2. The van der Waals surface area contributed by atoms with Crippen LogP contribution in [0.1, 0.15) is 27.9 Å². The lowest BCUT2D eigenvalue weighted by Gasteiger charge is -2.19. The number of hydrogen-bond acceptors (Lipinski definition) is 4. The molecule has 2 aromatic carbocycles. The standard InChI is InChI=1S/C20H17F3O2S2/c1-25-16-8-6-13(7-9-16)18(24)17(19-26-10-3-11-27-19)14-4-2-5-15(12-14)20(21,22)23/h2,4-9,12H,3,10-11H2,1H3. The summed E-state index contributed by atoms with van der Waals surface area (Å²) in [6.07, 6.45) is -3.45. The zero-order valence-electron chi connectivity index (χ0n) is 14.5. The molecule has 2 aromatic rings. The van der Waals surface area contributed by atoms with E-state index in [0.29, 0.717) is 22.4 Å². The Morgan fingerprint density at radius 1 is 1.00 bits per heavy atom. The fourth-order valence-electron chi connectivity index (χ4n) is 2.65. The van der Waals surface area contributed by atoms with E-state index in [1.165, 1.54) is 36.7 Å². The lowest BCUT2D eigenvalue weighted by Crippen LogP contribution is -2.09. The number of ketones is 1. The molecule has 0 N–H and O–H groups in total. The molecule has 1 aliphatic rings. The van der Waals surface area contributed by atoms with E-state index in [1.54, 1.807) is 30.3 Å². The van der Waals surface area contributed by atoms with Crippen LogP contribution in [0, 0.1) is 0 Å². The molecule has 0 amide bonds. The van der Waals surface area contributed by atoms with Crippen LogP contribution in [0.3, 0.4) is 0 Å². The zero-order chi connectivity index (χ0) is 19.4. The predicted octanol–water partition coefficient (Wildman–Crippen LogP) is 6.14. The minimum Gasteiger partial charge on any atom is -0.497 e. The molecule has 0 aliphatic carbocycles. The van der Waals surface area contributed by atoms with Gasteiger partial charge in [0.2, 0.25) is 0 Å². The number of ether oxygens (including phenoxy) is 1. The summed E-state index contributed by atoms with van der Waals surface area (Å²) in [6.45, 7) is 0. The average molecular weight is 410 g/mol. The fraction of sp³-hybridized carbons (Fsp3) is 0.250. The van der Waals surface area contributed by atoms with Crippen molar-refractivity contribution in [2.45, 2.75) is 12.6 Å². The molecule has 1 aliphatic heterocycles. The van der Waals surface area contributed by atoms with Crippen LogP contribution in [0.15, 0.2) is 52.8 Å². The van der Waals surface area contributed by atoms with Crippen LogP contribution in [-0.2, 0) is 6.18 Å². The van der Waals surface area contributed by atoms with Crippen LogP contribution in [0.4, 0.5) is 13.2 Å². The molecule has 27 heavy (non-hydrogen) atoms. The van der Waals surface area contributed by atoms with Gasteiger partial charge in [0.05, 0.1) is 16.9 Å². The first-order chi connectivity index (χ1) is 12.9. The van der Waals surface area contributed by atoms with E-state index in [4.69, 9.17) is 4.74 Å². The van der Waals surface area contributed by atoms with Crippen molar-refractivity contribution in [2.24, 2.45) is 0 Å². The van der Waals surface area contributed by atoms with Gasteiger partial charge in [0.25, 0.3) is 0 Å². The number of halogens is 3. The third kappa shape index (κ3) is 4.71. The van der Waals surface area contributed by atoms with E-state index in [-0.39, 0.29) is 5.78 Å². The van der Waals surface area contributed by atoms with E-state index >= 15 is 0 Å². The Morgan fingerprint density at radius 3 is 2.26 bits per heavy atom. The molecule has 1 fully saturated rings. The maximum absolute atomic E-state index is 13.2. The third-order valence-corrected chi connectivity index (χ3v) is 6.64. The monoisotopic (exact) mass is 410 g/mol. The number of carbonyl (C=O) groups excluding carboxylic acids is 1. The van der Waals surface area contributed by atoms with Crippen LogP contribution in [0.25, 0.3) is 5.57 Å². The van der Waals surface area contributed by atoms with Crippen molar-refractivity contribution in [3.63, 3.8) is 0 Å². The van der Waals surface area contributed by atoms with Crippen LogP contribution < -0.4 is 4.74 Å². The van der Waals surface area contributed by atoms with Crippen LogP contribution >= 0.6 is 23.5 Å². The summed E-state index contributed by atoms with van der Waals surface area (Å²) < 4.78 is 45.4. The molecular weight excluding hydrogens is 393 g/mol. The second-order valence-corrected chi connectivity index (χ2v) is 8.32. The summed E-state index contributed by atoms with van der Waals surface area (Å²) in [6, 6.07) is 11.6. The highest BCUT2D eigenvalue weighted by molar-refractivity contribution is 8.23. The summed E-state index contributed by atoms with van der Waals surface area (Å²) in [4.78, 5) is 13.2. The van der Waals surface area contributed by atoms with Crippen molar-refractivity contribution >= 4 is 34.9 Å². The van der Waals surface area contributed by atoms with E-state index in [0.717, 1.165) is 34.3 Å². The second-order valence-electron chi connectivity index (χ2n) is 5.85. The first-order valence-corrected chi connectivity index (χ1v) is 10.2.